The molecule has 16 heavy (non-hydrogen) atoms. The van der Waals surface area contributed by atoms with Gasteiger partial charge >= 0.3 is 6.18 Å². The van der Waals surface area contributed by atoms with E-state index in [0.29, 0.717) is 18.9 Å². The third-order valence-corrected chi connectivity index (χ3v) is 4.21. The van der Waals surface area contributed by atoms with Gasteiger partial charge in [0.2, 0.25) is 0 Å². The summed E-state index contributed by atoms with van der Waals surface area (Å²) in [6, 6.07) is 0.469. The first-order valence-corrected chi connectivity index (χ1v) is 6.13. The van der Waals surface area contributed by atoms with Crippen molar-refractivity contribution in [1.29, 1.82) is 0 Å². The highest BCUT2D eigenvalue weighted by molar-refractivity contribution is 5.00. The van der Waals surface area contributed by atoms with Crippen molar-refractivity contribution >= 4 is 0 Å². The highest BCUT2D eigenvalue weighted by Crippen LogP contribution is 2.50. The molecule has 2 aliphatic rings. The zero-order valence-electron chi connectivity index (χ0n) is 9.98. The van der Waals surface area contributed by atoms with Crippen molar-refractivity contribution in [1.82, 2.24) is 4.90 Å². The minimum Gasteiger partial charge on any atom is -0.300 e. The van der Waals surface area contributed by atoms with E-state index in [1.807, 2.05) is 0 Å². The zero-order valence-corrected chi connectivity index (χ0v) is 9.98. The van der Waals surface area contributed by atoms with Crippen LogP contribution in [0, 0.1) is 11.3 Å². The van der Waals surface area contributed by atoms with Crippen LogP contribution in [0.15, 0.2) is 0 Å². The summed E-state index contributed by atoms with van der Waals surface area (Å²) in [7, 11) is 0. The molecular formula is C12H20F3N. The van der Waals surface area contributed by atoms with E-state index in [1.54, 1.807) is 0 Å². The second-order valence-corrected chi connectivity index (χ2v) is 5.83. The molecule has 1 nitrogen and oxygen atoms in total. The van der Waals surface area contributed by atoms with Crippen molar-refractivity contribution < 1.29 is 13.2 Å². The lowest BCUT2D eigenvalue weighted by molar-refractivity contribution is -0.203. The third-order valence-electron chi connectivity index (χ3n) is 4.21. The SMILES string of the molecule is CC(C)N1CC2(CCC[C@H](C(F)(F)F)C2)C1. The second-order valence-electron chi connectivity index (χ2n) is 5.83. The van der Waals surface area contributed by atoms with Gasteiger partial charge in [-0.05, 0) is 38.5 Å². The predicted octanol–water partition coefficient (Wildman–Crippen LogP) is 3.45. The predicted molar refractivity (Wildman–Crippen MR) is 57.2 cm³/mol. The van der Waals surface area contributed by atoms with Crippen LogP contribution >= 0.6 is 0 Å². The largest absolute Gasteiger partial charge is 0.391 e. The van der Waals surface area contributed by atoms with E-state index in [2.05, 4.69) is 18.7 Å². The molecule has 2 rings (SSSR count). The molecule has 0 aromatic rings. The van der Waals surface area contributed by atoms with Gasteiger partial charge in [-0.2, -0.15) is 13.2 Å². The Balaban J connectivity index is 1.94. The maximum Gasteiger partial charge on any atom is 0.391 e. The number of nitrogens with zero attached hydrogens (tertiary/aromatic N) is 1. The summed E-state index contributed by atoms with van der Waals surface area (Å²) in [6.45, 7) is 5.96. The molecule has 94 valence electrons. The van der Waals surface area contributed by atoms with E-state index < -0.39 is 12.1 Å². The number of rotatable bonds is 1. The van der Waals surface area contributed by atoms with Gasteiger partial charge in [0.1, 0.15) is 0 Å². The van der Waals surface area contributed by atoms with Crippen LogP contribution in [0.1, 0.15) is 39.5 Å². The number of hydrogen-bond acceptors (Lipinski definition) is 1. The summed E-state index contributed by atoms with van der Waals surface area (Å²) in [5.41, 5.74) is -0.0112. The van der Waals surface area contributed by atoms with Gasteiger partial charge in [0, 0.05) is 19.1 Å². The molecule has 0 amide bonds. The highest BCUT2D eigenvalue weighted by atomic mass is 19.4. The van der Waals surface area contributed by atoms with Gasteiger partial charge in [-0.25, -0.2) is 0 Å². The highest BCUT2D eigenvalue weighted by Gasteiger charge is 2.52. The number of likely N-dealkylation sites (tertiary alicyclic amines) is 1. The molecule has 0 aromatic heterocycles. The van der Waals surface area contributed by atoms with E-state index >= 15 is 0 Å². The quantitative estimate of drug-likeness (QED) is 0.673. The van der Waals surface area contributed by atoms with Gasteiger partial charge in [-0.15, -0.1) is 0 Å². The van der Waals surface area contributed by atoms with Gasteiger partial charge in [-0.3, -0.25) is 4.90 Å². The molecular weight excluding hydrogens is 215 g/mol. The minimum atomic E-state index is -3.98. The maximum atomic E-state index is 12.7. The summed E-state index contributed by atoms with van der Waals surface area (Å²) in [4.78, 5) is 2.28. The average Bonchev–Trinajstić information content (AvgIpc) is 2.12. The first-order chi connectivity index (χ1) is 7.32. The maximum absolute atomic E-state index is 12.7. The van der Waals surface area contributed by atoms with Crippen LogP contribution in [-0.2, 0) is 0 Å². The monoisotopic (exact) mass is 235 g/mol. The molecule has 1 aliphatic carbocycles. The Morgan fingerprint density at radius 3 is 2.38 bits per heavy atom. The first-order valence-electron chi connectivity index (χ1n) is 6.13. The molecule has 1 heterocycles. The molecule has 4 heteroatoms. The Labute approximate surface area is 95.0 Å². The molecule has 0 aromatic carbocycles. The van der Waals surface area contributed by atoms with Crippen LogP contribution in [0.25, 0.3) is 0 Å². The Morgan fingerprint density at radius 2 is 1.88 bits per heavy atom. The Kier molecular flexibility index (Phi) is 2.97. The molecule has 1 aliphatic heterocycles. The molecule has 0 bridgehead atoms. The van der Waals surface area contributed by atoms with Crippen molar-refractivity contribution in [3.8, 4) is 0 Å². The van der Waals surface area contributed by atoms with Gasteiger partial charge in [0.05, 0.1) is 5.92 Å². The lowest BCUT2D eigenvalue weighted by Crippen LogP contribution is -2.60. The van der Waals surface area contributed by atoms with Crippen molar-refractivity contribution in [2.24, 2.45) is 11.3 Å². The number of alkyl halides is 3. The van der Waals surface area contributed by atoms with Crippen LogP contribution in [-0.4, -0.2) is 30.2 Å². The summed E-state index contributed by atoms with van der Waals surface area (Å²) in [5, 5.41) is 0. The fourth-order valence-corrected chi connectivity index (χ4v) is 3.20. The molecule has 1 saturated heterocycles. The fourth-order valence-electron chi connectivity index (χ4n) is 3.20. The van der Waals surface area contributed by atoms with E-state index in [9.17, 15) is 13.2 Å². The zero-order chi connectivity index (χ0) is 12.0. The summed E-state index contributed by atoms with van der Waals surface area (Å²) in [6.07, 6.45) is -1.54. The Hall–Kier alpha value is -0.250. The van der Waals surface area contributed by atoms with Crippen molar-refractivity contribution in [2.45, 2.75) is 51.7 Å². The van der Waals surface area contributed by atoms with E-state index in [4.69, 9.17) is 0 Å². The van der Waals surface area contributed by atoms with Gasteiger partial charge in [0.25, 0.3) is 0 Å². The van der Waals surface area contributed by atoms with Crippen molar-refractivity contribution in [3.63, 3.8) is 0 Å². The molecule has 0 unspecified atom stereocenters. The van der Waals surface area contributed by atoms with Crippen LogP contribution in [0.3, 0.4) is 0 Å². The van der Waals surface area contributed by atoms with Crippen molar-refractivity contribution in [2.75, 3.05) is 13.1 Å². The number of halogens is 3. The second kappa shape index (κ2) is 3.90. The van der Waals surface area contributed by atoms with Crippen molar-refractivity contribution in [3.05, 3.63) is 0 Å². The van der Waals surface area contributed by atoms with Crippen LogP contribution in [0.2, 0.25) is 0 Å². The summed E-state index contributed by atoms with van der Waals surface area (Å²) >= 11 is 0. The lowest BCUT2D eigenvalue weighted by atomic mass is 9.64. The lowest BCUT2D eigenvalue weighted by Gasteiger charge is -2.55. The Morgan fingerprint density at radius 1 is 1.25 bits per heavy atom. The molecule has 0 N–H and O–H groups in total. The number of hydrogen-bond donors (Lipinski definition) is 0. The molecule has 1 saturated carbocycles. The van der Waals surface area contributed by atoms with Gasteiger partial charge in [0.15, 0.2) is 0 Å². The molecule has 1 spiro atoms. The van der Waals surface area contributed by atoms with E-state index in [-0.39, 0.29) is 5.41 Å². The minimum absolute atomic E-state index is 0.0112. The van der Waals surface area contributed by atoms with Gasteiger partial charge in [-0.1, -0.05) is 6.42 Å². The normalized spacial score (nSPS) is 30.8. The van der Waals surface area contributed by atoms with Crippen LogP contribution in [0.4, 0.5) is 13.2 Å². The van der Waals surface area contributed by atoms with Crippen LogP contribution < -0.4 is 0 Å². The van der Waals surface area contributed by atoms with Gasteiger partial charge < -0.3 is 0 Å². The summed E-state index contributed by atoms with van der Waals surface area (Å²) < 4.78 is 38.1. The third kappa shape index (κ3) is 2.22. The summed E-state index contributed by atoms with van der Waals surface area (Å²) in [5.74, 6) is -1.05. The average molecular weight is 235 g/mol. The molecule has 0 radical (unpaired) electrons. The van der Waals surface area contributed by atoms with Crippen LogP contribution in [0.5, 0.6) is 0 Å². The van der Waals surface area contributed by atoms with E-state index in [1.165, 1.54) is 0 Å². The topological polar surface area (TPSA) is 3.24 Å². The fraction of sp³-hybridized carbons (Fsp3) is 1.00. The molecule has 2 fully saturated rings. The standard InChI is InChI=1S/C12H20F3N/c1-9(2)16-7-11(8-16)5-3-4-10(6-11)12(13,14)15/h9-10H,3-8H2,1-2H3/t10-/m0/s1. The van der Waals surface area contributed by atoms with E-state index in [0.717, 1.165) is 25.9 Å². The molecule has 1 atom stereocenters. The Bertz CT molecular complexity index is 253. The smallest absolute Gasteiger partial charge is 0.300 e. The first kappa shape index (κ1) is 12.2.